The Labute approximate surface area is 202 Å². The van der Waals surface area contributed by atoms with E-state index in [0.717, 1.165) is 43.4 Å². The second kappa shape index (κ2) is 8.64. The fraction of sp³-hybridized carbons (Fsp3) is 0.385. The molecule has 1 unspecified atom stereocenters. The average Bonchev–Trinajstić information content (AvgIpc) is 3.60. The van der Waals surface area contributed by atoms with Gasteiger partial charge in [-0.1, -0.05) is 6.08 Å². The number of imidazole rings is 1. The van der Waals surface area contributed by atoms with Gasteiger partial charge in [-0.25, -0.2) is 13.8 Å². The first kappa shape index (κ1) is 22.0. The van der Waals surface area contributed by atoms with E-state index in [2.05, 4.69) is 40.1 Å². The molecule has 1 N–H and O–H groups in total. The number of anilines is 2. The molecular formula is C26H28F2N6O. The van der Waals surface area contributed by atoms with Crippen LogP contribution in [0.1, 0.15) is 37.8 Å². The van der Waals surface area contributed by atoms with Crippen LogP contribution in [0.2, 0.25) is 0 Å². The Morgan fingerprint density at radius 2 is 1.97 bits per heavy atom. The summed E-state index contributed by atoms with van der Waals surface area (Å²) in [6.45, 7) is 4.27. The van der Waals surface area contributed by atoms with E-state index in [1.807, 2.05) is 27.7 Å². The molecule has 5 heterocycles. The number of aliphatic hydroxyl groups is 1. The molecule has 2 fully saturated rings. The quantitative estimate of drug-likeness (QED) is 0.611. The Kier molecular flexibility index (Phi) is 5.44. The maximum Gasteiger partial charge on any atom is 0.156 e. The number of allylic oxidation sites excluding steroid dienone is 1. The summed E-state index contributed by atoms with van der Waals surface area (Å²) in [5, 5.41) is 14.9. The van der Waals surface area contributed by atoms with Crippen LogP contribution in [0.3, 0.4) is 0 Å². The van der Waals surface area contributed by atoms with Crippen molar-refractivity contribution in [1.82, 2.24) is 19.5 Å². The first-order chi connectivity index (χ1) is 17.0. The Morgan fingerprint density at radius 3 is 2.80 bits per heavy atom. The summed E-state index contributed by atoms with van der Waals surface area (Å²) in [4.78, 5) is 10.9. The highest BCUT2D eigenvalue weighted by Gasteiger charge is 2.31. The number of nitrogens with zero attached hydrogens (tertiary/aromatic N) is 6. The Balaban J connectivity index is 1.35. The van der Waals surface area contributed by atoms with Gasteiger partial charge in [-0.15, -0.1) is 5.10 Å². The number of halogens is 2. The molecule has 3 aliphatic heterocycles. The highest BCUT2D eigenvalue weighted by Crippen LogP contribution is 2.37. The molecule has 0 spiro atoms. The monoisotopic (exact) mass is 478 g/mol. The van der Waals surface area contributed by atoms with Crippen molar-refractivity contribution in [3.8, 4) is 0 Å². The molecular weight excluding hydrogens is 450 g/mol. The third-order valence-electron chi connectivity index (χ3n) is 7.24. The van der Waals surface area contributed by atoms with E-state index in [4.69, 9.17) is 5.10 Å². The molecule has 0 radical (unpaired) electrons. The minimum absolute atomic E-state index is 0.0950. The molecule has 6 rings (SSSR count). The Bertz CT molecular complexity index is 1320. The van der Waals surface area contributed by atoms with Gasteiger partial charge < -0.3 is 19.8 Å². The molecule has 0 saturated carbocycles. The van der Waals surface area contributed by atoms with E-state index in [-0.39, 0.29) is 18.2 Å². The number of aliphatic hydroxyl groups excluding tert-OH is 1. The molecule has 3 aliphatic rings. The van der Waals surface area contributed by atoms with E-state index in [9.17, 15) is 13.9 Å². The molecule has 1 aromatic carbocycles. The van der Waals surface area contributed by atoms with Crippen molar-refractivity contribution in [1.29, 1.82) is 0 Å². The average molecular weight is 479 g/mol. The minimum atomic E-state index is -0.436. The van der Waals surface area contributed by atoms with Crippen LogP contribution in [0.4, 0.5) is 20.4 Å². The first-order valence-electron chi connectivity index (χ1n) is 12.2. The predicted octanol–water partition coefficient (Wildman–Crippen LogP) is 4.02. The van der Waals surface area contributed by atoms with E-state index in [0.29, 0.717) is 30.1 Å². The van der Waals surface area contributed by atoms with Crippen molar-refractivity contribution >= 4 is 17.3 Å². The van der Waals surface area contributed by atoms with Gasteiger partial charge in [0.1, 0.15) is 17.5 Å². The van der Waals surface area contributed by atoms with Crippen LogP contribution >= 0.6 is 0 Å². The van der Waals surface area contributed by atoms with Crippen LogP contribution in [-0.4, -0.2) is 56.4 Å². The molecule has 35 heavy (non-hydrogen) atoms. The predicted molar refractivity (Wildman–Crippen MR) is 130 cm³/mol. The molecule has 182 valence electrons. The number of rotatable bonds is 4. The summed E-state index contributed by atoms with van der Waals surface area (Å²) in [5.74, 6) is 0.693. The largest absolute Gasteiger partial charge is 0.391 e. The molecule has 0 amide bonds. The van der Waals surface area contributed by atoms with Crippen LogP contribution < -0.4 is 9.80 Å². The summed E-state index contributed by atoms with van der Waals surface area (Å²) in [6.07, 6.45) is 10.2. The zero-order chi connectivity index (χ0) is 24.1. The van der Waals surface area contributed by atoms with Crippen LogP contribution in [0, 0.1) is 11.6 Å². The summed E-state index contributed by atoms with van der Waals surface area (Å²) < 4.78 is 30.3. The summed E-state index contributed by atoms with van der Waals surface area (Å²) in [7, 11) is 0. The van der Waals surface area contributed by atoms with Crippen molar-refractivity contribution in [2.75, 3.05) is 29.4 Å². The lowest BCUT2D eigenvalue weighted by atomic mass is 10.0. The van der Waals surface area contributed by atoms with Gasteiger partial charge in [0.25, 0.3) is 0 Å². The highest BCUT2D eigenvalue weighted by molar-refractivity contribution is 5.58. The SMILES string of the molecule is CC1C=CC(N2CC[C@H](O)C2)=CN1c1cnc2ccc(N3CCC[C@@H]3c3cc(F)ccc3F)nn12. The van der Waals surface area contributed by atoms with E-state index in [1.165, 1.54) is 12.1 Å². The maximum atomic E-state index is 14.6. The summed E-state index contributed by atoms with van der Waals surface area (Å²) in [5.41, 5.74) is 2.13. The molecule has 7 nitrogen and oxygen atoms in total. The van der Waals surface area contributed by atoms with Crippen LogP contribution in [0.15, 0.2) is 60.6 Å². The van der Waals surface area contributed by atoms with Crippen molar-refractivity contribution in [3.05, 3.63) is 77.8 Å². The number of aromatic nitrogens is 3. The second-order valence-electron chi connectivity index (χ2n) is 9.54. The molecule has 3 atom stereocenters. The molecule has 2 saturated heterocycles. The smallest absolute Gasteiger partial charge is 0.156 e. The number of hydrogen-bond donors (Lipinski definition) is 1. The van der Waals surface area contributed by atoms with Gasteiger partial charge >= 0.3 is 0 Å². The lowest BCUT2D eigenvalue weighted by Crippen LogP contribution is -2.33. The van der Waals surface area contributed by atoms with Crippen molar-refractivity contribution in [2.24, 2.45) is 0 Å². The fourth-order valence-corrected chi connectivity index (χ4v) is 5.39. The van der Waals surface area contributed by atoms with Gasteiger partial charge in [0, 0.05) is 31.4 Å². The van der Waals surface area contributed by atoms with Crippen molar-refractivity contribution in [3.63, 3.8) is 0 Å². The fourth-order valence-electron chi connectivity index (χ4n) is 5.39. The van der Waals surface area contributed by atoms with Crippen molar-refractivity contribution < 1.29 is 13.9 Å². The zero-order valence-electron chi connectivity index (χ0n) is 19.6. The number of fused-ring (bicyclic) bond motifs is 1. The summed E-state index contributed by atoms with van der Waals surface area (Å²) in [6, 6.07) is 7.27. The molecule has 0 aliphatic carbocycles. The van der Waals surface area contributed by atoms with Gasteiger partial charge in [-0.2, -0.15) is 4.52 Å². The third-order valence-corrected chi connectivity index (χ3v) is 7.24. The Hall–Kier alpha value is -3.46. The summed E-state index contributed by atoms with van der Waals surface area (Å²) >= 11 is 0. The normalized spacial score (nSPS) is 24.6. The number of likely N-dealkylation sites (tertiary alicyclic amines) is 1. The number of β-amino-alcohol motifs (C(OH)–C–C–N with tert-alkyl or cyclic N) is 1. The van der Waals surface area contributed by atoms with E-state index < -0.39 is 11.6 Å². The van der Waals surface area contributed by atoms with Gasteiger partial charge in [0.05, 0.1) is 30.1 Å². The van der Waals surface area contributed by atoms with Crippen molar-refractivity contribution in [2.45, 2.75) is 44.4 Å². The zero-order valence-corrected chi connectivity index (χ0v) is 19.6. The van der Waals surface area contributed by atoms with Gasteiger partial charge in [0.2, 0.25) is 0 Å². The molecule has 9 heteroatoms. The van der Waals surface area contributed by atoms with Crippen LogP contribution in [0.25, 0.3) is 5.65 Å². The topological polar surface area (TPSA) is 60.1 Å². The van der Waals surface area contributed by atoms with Gasteiger partial charge in [-0.05, 0) is 62.6 Å². The lowest BCUT2D eigenvalue weighted by molar-refractivity contribution is 0.184. The maximum absolute atomic E-state index is 14.6. The molecule has 0 bridgehead atoms. The van der Waals surface area contributed by atoms with Gasteiger partial charge in [0.15, 0.2) is 11.5 Å². The number of benzene rings is 1. The highest BCUT2D eigenvalue weighted by atomic mass is 19.1. The third kappa shape index (κ3) is 3.93. The minimum Gasteiger partial charge on any atom is -0.391 e. The lowest BCUT2D eigenvalue weighted by Gasteiger charge is -2.32. The number of hydrogen-bond acceptors (Lipinski definition) is 6. The van der Waals surface area contributed by atoms with Crippen LogP contribution in [-0.2, 0) is 0 Å². The van der Waals surface area contributed by atoms with E-state index >= 15 is 0 Å². The first-order valence-corrected chi connectivity index (χ1v) is 12.2. The Morgan fingerprint density at radius 1 is 1.09 bits per heavy atom. The molecule has 3 aromatic rings. The van der Waals surface area contributed by atoms with Gasteiger partial charge in [-0.3, -0.25) is 0 Å². The van der Waals surface area contributed by atoms with E-state index in [1.54, 1.807) is 0 Å². The standard InChI is InChI=1S/C26H28F2N6O/c1-17-4-6-19(31-12-10-20(35)16-31)15-33(17)26-14-29-24-8-9-25(30-34(24)26)32-11-2-3-23(32)21-13-18(27)5-7-22(21)28/h4-9,13-15,17,20,23,35H,2-3,10-12,16H2,1H3/t17?,20-,23+/m0/s1. The second-order valence-corrected chi connectivity index (χ2v) is 9.54. The van der Waals surface area contributed by atoms with Crippen LogP contribution in [0.5, 0.6) is 0 Å². The molecule has 2 aromatic heterocycles.